The highest BCUT2D eigenvalue weighted by molar-refractivity contribution is 4.92. The zero-order valence-electron chi connectivity index (χ0n) is 8.33. The molecule has 2 rings (SSSR count). The van der Waals surface area contributed by atoms with Crippen LogP contribution in [-0.2, 0) is 4.74 Å². The molecule has 2 unspecified atom stereocenters. The molecular weight excluding hydrogens is 166 g/mol. The highest BCUT2D eigenvalue weighted by Crippen LogP contribution is 2.33. The van der Waals surface area contributed by atoms with E-state index in [0.717, 1.165) is 32.4 Å². The molecule has 0 aromatic heterocycles. The van der Waals surface area contributed by atoms with Gasteiger partial charge in [0.1, 0.15) is 0 Å². The molecule has 2 fully saturated rings. The van der Waals surface area contributed by atoms with E-state index in [9.17, 15) is 5.11 Å². The van der Waals surface area contributed by atoms with Crippen molar-refractivity contribution in [2.45, 2.75) is 37.4 Å². The number of hydrogen-bond donors (Lipinski definition) is 1. The van der Waals surface area contributed by atoms with Crippen LogP contribution >= 0.6 is 0 Å². The smallest absolute Gasteiger partial charge is 0.0833 e. The Morgan fingerprint density at radius 1 is 1.54 bits per heavy atom. The summed E-state index contributed by atoms with van der Waals surface area (Å²) in [4.78, 5) is 2.31. The molecule has 2 atom stereocenters. The van der Waals surface area contributed by atoms with Gasteiger partial charge in [0.25, 0.3) is 0 Å². The fraction of sp³-hybridized carbons (Fsp3) is 1.00. The number of ether oxygens (including phenoxy) is 1. The van der Waals surface area contributed by atoms with E-state index in [0.29, 0.717) is 0 Å². The van der Waals surface area contributed by atoms with Crippen LogP contribution in [0.3, 0.4) is 0 Å². The highest BCUT2D eigenvalue weighted by Gasteiger charge is 2.39. The molecule has 0 radical (unpaired) electrons. The Morgan fingerprint density at radius 2 is 2.38 bits per heavy atom. The number of rotatable bonds is 0. The van der Waals surface area contributed by atoms with Gasteiger partial charge in [-0.2, -0.15) is 0 Å². The van der Waals surface area contributed by atoms with Gasteiger partial charge in [0.05, 0.1) is 11.7 Å². The van der Waals surface area contributed by atoms with Gasteiger partial charge in [0.15, 0.2) is 0 Å². The molecule has 2 heterocycles. The first kappa shape index (κ1) is 9.44. The Hall–Kier alpha value is -0.120. The fourth-order valence-corrected chi connectivity index (χ4v) is 2.61. The van der Waals surface area contributed by atoms with Crippen molar-refractivity contribution in [2.24, 2.45) is 0 Å². The number of aliphatic hydroxyl groups is 1. The topological polar surface area (TPSA) is 32.7 Å². The monoisotopic (exact) mass is 185 g/mol. The van der Waals surface area contributed by atoms with Crippen molar-refractivity contribution in [1.29, 1.82) is 0 Å². The van der Waals surface area contributed by atoms with Crippen molar-refractivity contribution in [3.63, 3.8) is 0 Å². The summed E-state index contributed by atoms with van der Waals surface area (Å²) in [6.07, 6.45) is 3.82. The summed E-state index contributed by atoms with van der Waals surface area (Å²) in [6, 6.07) is 0. The lowest BCUT2D eigenvalue weighted by Crippen LogP contribution is -2.52. The number of piperidine rings is 1. The second-order valence-electron chi connectivity index (χ2n) is 4.52. The standard InChI is InChI=1S/C10H19NO2/c1-11-5-2-4-10(8-11)7-9(12)3-6-13-10/h9,12H,2-8H2,1H3. The first-order chi connectivity index (χ1) is 6.20. The molecule has 0 saturated carbocycles. The Labute approximate surface area is 79.7 Å². The van der Waals surface area contributed by atoms with Crippen LogP contribution in [0.5, 0.6) is 0 Å². The van der Waals surface area contributed by atoms with Crippen LogP contribution in [0.25, 0.3) is 0 Å². The van der Waals surface area contributed by atoms with Crippen molar-refractivity contribution >= 4 is 0 Å². The lowest BCUT2D eigenvalue weighted by atomic mass is 9.85. The maximum atomic E-state index is 9.61. The second kappa shape index (κ2) is 3.56. The summed E-state index contributed by atoms with van der Waals surface area (Å²) >= 11 is 0. The van der Waals surface area contributed by atoms with E-state index in [1.165, 1.54) is 13.0 Å². The molecule has 1 spiro atoms. The summed E-state index contributed by atoms with van der Waals surface area (Å²) in [5, 5.41) is 9.61. The number of likely N-dealkylation sites (N-methyl/N-ethyl adjacent to an activating group) is 1. The van der Waals surface area contributed by atoms with E-state index in [2.05, 4.69) is 11.9 Å². The summed E-state index contributed by atoms with van der Waals surface area (Å²) < 4.78 is 5.85. The van der Waals surface area contributed by atoms with E-state index in [4.69, 9.17) is 4.74 Å². The first-order valence-electron chi connectivity index (χ1n) is 5.21. The van der Waals surface area contributed by atoms with E-state index < -0.39 is 0 Å². The Morgan fingerprint density at radius 3 is 3.08 bits per heavy atom. The van der Waals surface area contributed by atoms with Crippen LogP contribution in [0.4, 0.5) is 0 Å². The molecule has 0 amide bonds. The molecule has 2 saturated heterocycles. The predicted octanol–water partition coefficient (Wildman–Crippen LogP) is 0.622. The number of hydrogen-bond acceptors (Lipinski definition) is 3. The van der Waals surface area contributed by atoms with Gasteiger partial charge in [-0.3, -0.25) is 0 Å². The van der Waals surface area contributed by atoms with Crippen LogP contribution in [0.1, 0.15) is 25.7 Å². The van der Waals surface area contributed by atoms with Crippen molar-refractivity contribution in [2.75, 3.05) is 26.7 Å². The quantitative estimate of drug-likeness (QED) is 0.600. The zero-order valence-corrected chi connectivity index (χ0v) is 8.33. The summed E-state index contributed by atoms with van der Waals surface area (Å²) in [5.74, 6) is 0. The number of likely N-dealkylation sites (tertiary alicyclic amines) is 1. The molecule has 2 aliphatic heterocycles. The molecule has 13 heavy (non-hydrogen) atoms. The van der Waals surface area contributed by atoms with Crippen LogP contribution in [0.2, 0.25) is 0 Å². The lowest BCUT2D eigenvalue weighted by molar-refractivity contribution is -0.143. The van der Waals surface area contributed by atoms with Gasteiger partial charge in [-0.1, -0.05) is 0 Å². The SMILES string of the molecule is CN1CCCC2(CC(O)CCO2)C1. The first-order valence-corrected chi connectivity index (χ1v) is 5.21. The lowest BCUT2D eigenvalue weighted by Gasteiger charge is -2.45. The van der Waals surface area contributed by atoms with Gasteiger partial charge in [0, 0.05) is 19.6 Å². The van der Waals surface area contributed by atoms with Gasteiger partial charge in [-0.25, -0.2) is 0 Å². The van der Waals surface area contributed by atoms with Crippen LogP contribution < -0.4 is 0 Å². The van der Waals surface area contributed by atoms with Crippen molar-refractivity contribution in [3.05, 3.63) is 0 Å². The number of aliphatic hydroxyl groups excluding tert-OH is 1. The molecule has 0 aromatic carbocycles. The Kier molecular flexibility index (Phi) is 2.58. The van der Waals surface area contributed by atoms with Gasteiger partial charge >= 0.3 is 0 Å². The minimum absolute atomic E-state index is 0.0231. The Balaban J connectivity index is 2.00. The largest absolute Gasteiger partial charge is 0.393 e. The maximum absolute atomic E-state index is 9.61. The van der Waals surface area contributed by atoms with Crippen molar-refractivity contribution in [1.82, 2.24) is 4.90 Å². The predicted molar refractivity (Wildman–Crippen MR) is 50.7 cm³/mol. The minimum atomic E-state index is -0.139. The van der Waals surface area contributed by atoms with Crippen LogP contribution in [0.15, 0.2) is 0 Å². The van der Waals surface area contributed by atoms with Gasteiger partial charge in [0.2, 0.25) is 0 Å². The van der Waals surface area contributed by atoms with E-state index in [1.54, 1.807) is 0 Å². The zero-order chi connectivity index (χ0) is 9.31. The third kappa shape index (κ3) is 2.03. The van der Waals surface area contributed by atoms with Gasteiger partial charge in [-0.15, -0.1) is 0 Å². The van der Waals surface area contributed by atoms with Gasteiger partial charge in [-0.05, 0) is 32.9 Å². The van der Waals surface area contributed by atoms with Crippen LogP contribution in [-0.4, -0.2) is 48.5 Å². The molecular formula is C10H19NO2. The normalized spacial score (nSPS) is 42.5. The van der Waals surface area contributed by atoms with Crippen molar-refractivity contribution < 1.29 is 9.84 Å². The second-order valence-corrected chi connectivity index (χ2v) is 4.52. The van der Waals surface area contributed by atoms with Crippen molar-refractivity contribution in [3.8, 4) is 0 Å². The van der Waals surface area contributed by atoms with E-state index >= 15 is 0 Å². The summed E-state index contributed by atoms with van der Waals surface area (Å²) in [6.45, 7) is 2.89. The molecule has 76 valence electrons. The fourth-order valence-electron chi connectivity index (χ4n) is 2.61. The third-order valence-electron chi connectivity index (χ3n) is 3.20. The van der Waals surface area contributed by atoms with Crippen LogP contribution in [0, 0.1) is 0 Å². The summed E-state index contributed by atoms with van der Waals surface area (Å²) in [7, 11) is 2.13. The molecule has 0 aromatic rings. The highest BCUT2D eigenvalue weighted by atomic mass is 16.5. The number of nitrogens with zero attached hydrogens (tertiary/aromatic N) is 1. The average Bonchev–Trinajstić information content (AvgIpc) is 2.02. The maximum Gasteiger partial charge on any atom is 0.0833 e. The van der Waals surface area contributed by atoms with Gasteiger partial charge < -0.3 is 14.7 Å². The molecule has 1 N–H and O–H groups in total. The molecule has 3 nitrogen and oxygen atoms in total. The molecule has 0 aliphatic carbocycles. The minimum Gasteiger partial charge on any atom is -0.393 e. The molecule has 0 bridgehead atoms. The van der Waals surface area contributed by atoms with E-state index in [1.807, 2.05) is 0 Å². The Bertz CT molecular complexity index is 164. The third-order valence-corrected chi connectivity index (χ3v) is 3.20. The van der Waals surface area contributed by atoms with E-state index in [-0.39, 0.29) is 11.7 Å². The molecule has 3 heteroatoms. The summed E-state index contributed by atoms with van der Waals surface area (Å²) in [5.41, 5.74) is -0.0231. The molecule has 2 aliphatic rings. The average molecular weight is 185 g/mol.